The molecule has 0 N–H and O–H groups in total. The van der Waals surface area contributed by atoms with Crippen LogP contribution in [0.5, 0.6) is 0 Å². The molecular weight excluding hydrogens is 644 g/mol. The van der Waals surface area contributed by atoms with Gasteiger partial charge in [0, 0.05) is 0 Å². The highest BCUT2D eigenvalue weighted by Gasteiger charge is 3.05. The van der Waals surface area contributed by atoms with Crippen LogP contribution in [0.25, 0.3) is 0 Å². The molecule has 0 amide bonds. The van der Waals surface area contributed by atoms with Crippen molar-refractivity contribution < 1.29 is 115 Å². The van der Waals surface area contributed by atoms with Crippen molar-refractivity contribution in [2.75, 3.05) is 0 Å². The zero-order chi connectivity index (χ0) is 31.9. The molecule has 2 aliphatic rings. The van der Waals surface area contributed by atoms with Gasteiger partial charge in [-0.05, 0) is 0 Å². The van der Waals surface area contributed by atoms with Crippen molar-refractivity contribution in [1.82, 2.24) is 0 Å². The summed E-state index contributed by atoms with van der Waals surface area (Å²) in [5.41, 5.74) is 0. The molecule has 0 atom stereocenters. The molecule has 26 heteroatoms. The van der Waals surface area contributed by atoms with E-state index in [2.05, 4.69) is 0 Å². The van der Waals surface area contributed by atoms with E-state index in [4.69, 9.17) is 0 Å². The molecule has 0 spiro atoms. The number of alkyl halides is 24. The minimum absolute atomic E-state index is 1.20. The largest absolute Gasteiger partial charge is 0.491 e. The molecule has 0 saturated heterocycles. The van der Waals surface area contributed by atoms with Crippen LogP contribution in [0.4, 0.5) is 105 Å². The van der Waals surface area contributed by atoms with Crippen LogP contribution < -0.4 is 0 Å². The first-order valence-electron chi connectivity index (χ1n) is 8.35. The summed E-state index contributed by atoms with van der Waals surface area (Å²) in [6, 6.07) is 0. The van der Waals surface area contributed by atoms with Gasteiger partial charge in [0.1, 0.15) is 0 Å². The van der Waals surface area contributed by atoms with Crippen LogP contribution in [0, 0.1) is 0 Å². The zero-order valence-electron chi connectivity index (χ0n) is 16.4. The predicted molar refractivity (Wildman–Crippen MR) is 64.3 cm³/mol. The fourth-order valence-corrected chi connectivity index (χ4v) is 2.99. The van der Waals surface area contributed by atoms with E-state index in [1.165, 1.54) is 9.47 Å². The summed E-state index contributed by atoms with van der Waals surface area (Å²) in [7, 11) is 0. The molecule has 0 aromatic carbocycles. The summed E-state index contributed by atoms with van der Waals surface area (Å²) in [4.78, 5) is 0. The number of halogens is 24. The molecule has 232 valence electrons. The summed E-state index contributed by atoms with van der Waals surface area (Å²) < 4.78 is 324. The highest BCUT2D eigenvalue weighted by Crippen LogP contribution is 2.72. The molecule has 2 nitrogen and oxygen atoms in total. The average molecular weight is 644 g/mol. The van der Waals surface area contributed by atoms with Crippen LogP contribution in [-0.2, 0) is 9.47 Å². The van der Waals surface area contributed by atoms with Crippen LogP contribution in [0.2, 0.25) is 0 Å². The first-order valence-corrected chi connectivity index (χ1v) is 8.35. The van der Waals surface area contributed by atoms with Crippen LogP contribution in [0.15, 0.2) is 0 Å². The first kappa shape index (κ1) is 33.4. The number of rotatable bonds is 4. The molecule has 2 aliphatic carbocycles. The monoisotopic (exact) mass is 644 g/mol. The topological polar surface area (TPSA) is 18.5 Å². The Bertz CT molecular complexity index is 871. The third kappa shape index (κ3) is 3.04. The van der Waals surface area contributed by atoms with Gasteiger partial charge in [-0.1, -0.05) is 0 Å². The number of hydrogen-bond donors (Lipinski definition) is 0. The van der Waals surface area contributed by atoms with Crippen LogP contribution in [0.3, 0.4) is 0 Å². The van der Waals surface area contributed by atoms with Gasteiger partial charge < -0.3 is 0 Å². The molecule has 0 aromatic heterocycles. The minimum atomic E-state index is -8.54. The highest BCUT2D eigenvalue weighted by molar-refractivity contribution is 5.25. The molecule has 0 aliphatic heterocycles. The Hall–Kier alpha value is -1.76. The normalized spacial score (nSPS) is 33.2. The molecule has 39 heavy (non-hydrogen) atoms. The Labute approximate surface area is 193 Å². The first-order chi connectivity index (χ1) is 16.4. The fourth-order valence-electron chi connectivity index (χ4n) is 2.99. The van der Waals surface area contributed by atoms with Crippen molar-refractivity contribution in [3.05, 3.63) is 0 Å². The lowest BCUT2D eigenvalue weighted by molar-refractivity contribution is -0.605. The Morgan fingerprint density at radius 2 is 0.385 bits per heavy atom. The Morgan fingerprint density at radius 3 is 0.538 bits per heavy atom. The lowest BCUT2D eigenvalue weighted by atomic mass is 9.78. The Morgan fingerprint density at radius 1 is 0.256 bits per heavy atom. The van der Waals surface area contributed by atoms with E-state index in [0.717, 1.165) is 0 Å². The highest BCUT2D eigenvalue weighted by atomic mass is 19.4. The van der Waals surface area contributed by atoms with E-state index in [-0.39, 0.29) is 0 Å². The SMILES string of the molecule is FC(F)(OC1(F)C(F)(F)C(F)(F)C(F)(F)C(F)(F)C1(F)F)OC1(F)C(F)(F)C(F)(F)C(F)(F)C(F)(F)C1(F)F. The molecule has 2 rings (SSSR count). The zero-order valence-corrected chi connectivity index (χ0v) is 16.4. The Balaban J connectivity index is 2.80. The smallest absolute Gasteiger partial charge is 0.246 e. The summed E-state index contributed by atoms with van der Waals surface area (Å²) in [6.07, 6.45) is -8.30. The van der Waals surface area contributed by atoms with E-state index in [1.54, 1.807) is 0 Å². The molecule has 2 fully saturated rings. The molecule has 0 radical (unpaired) electrons. The van der Waals surface area contributed by atoms with Crippen molar-refractivity contribution in [2.24, 2.45) is 0 Å². The lowest BCUT2D eigenvalue weighted by Crippen LogP contribution is -2.86. The van der Waals surface area contributed by atoms with Crippen LogP contribution in [0.1, 0.15) is 0 Å². The van der Waals surface area contributed by atoms with Gasteiger partial charge in [-0.2, -0.15) is 96.6 Å². The van der Waals surface area contributed by atoms with Gasteiger partial charge in [0.2, 0.25) is 0 Å². The second kappa shape index (κ2) is 7.35. The van der Waals surface area contributed by atoms with Crippen LogP contribution >= 0.6 is 0 Å². The van der Waals surface area contributed by atoms with Gasteiger partial charge in [0.25, 0.3) is 0 Å². The van der Waals surface area contributed by atoms with Crippen molar-refractivity contribution in [3.63, 3.8) is 0 Å². The number of hydrogen-bond acceptors (Lipinski definition) is 2. The van der Waals surface area contributed by atoms with Crippen molar-refractivity contribution in [1.29, 1.82) is 0 Å². The van der Waals surface area contributed by atoms with Gasteiger partial charge in [0.15, 0.2) is 0 Å². The second-order valence-corrected chi connectivity index (χ2v) is 7.60. The maximum absolute atomic E-state index is 14.2. The predicted octanol–water partition coefficient (Wildman–Crippen LogP) is 7.28. The summed E-state index contributed by atoms with van der Waals surface area (Å²) >= 11 is 0. The third-order valence-electron chi connectivity index (χ3n) is 5.29. The third-order valence-corrected chi connectivity index (χ3v) is 5.29. The fraction of sp³-hybridized carbons (Fsp3) is 1.00. The maximum atomic E-state index is 14.2. The van der Waals surface area contributed by atoms with E-state index in [1.807, 2.05) is 0 Å². The molecule has 2 saturated carbocycles. The van der Waals surface area contributed by atoms with Gasteiger partial charge in [-0.3, -0.25) is 0 Å². The van der Waals surface area contributed by atoms with Crippen molar-refractivity contribution in [2.45, 2.75) is 77.2 Å². The number of ether oxygens (including phenoxy) is 2. The van der Waals surface area contributed by atoms with Gasteiger partial charge in [-0.15, -0.1) is 8.78 Å². The molecule has 0 bridgehead atoms. The summed E-state index contributed by atoms with van der Waals surface area (Å²) in [5, 5.41) is 0. The quantitative estimate of drug-likeness (QED) is 0.237. The van der Waals surface area contributed by atoms with Gasteiger partial charge in [0.05, 0.1) is 0 Å². The van der Waals surface area contributed by atoms with E-state index >= 15 is 0 Å². The Kier molecular flexibility index (Phi) is 6.31. The molecule has 0 unspecified atom stereocenters. The maximum Gasteiger partial charge on any atom is 0.491 e. The van der Waals surface area contributed by atoms with E-state index < -0.39 is 77.2 Å². The summed E-state index contributed by atoms with van der Waals surface area (Å²) in [5.74, 6) is -101. The molecule has 0 heterocycles. The van der Waals surface area contributed by atoms with E-state index in [9.17, 15) is 105 Å². The molecular formula is C13F24O2. The second-order valence-electron chi connectivity index (χ2n) is 7.60. The minimum Gasteiger partial charge on any atom is -0.246 e. The van der Waals surface area contributed by atoms with E-state index in [0.29, 0.717) is 0 Å². The van der Waals surface area contributed by atoms with Crippen LogP contribution in [-0.4, -0.2) is 77.2 Å². The summed E-state index contributed by atoms with van der Waals surface area (Å²) in [6.45, 7) is 0. The van der Waals surface area contributed by atoms with Crippen molar-refractivity contribution >= 4 is 0 Å². The van der Waals surface area contributed by atoms with Gasteiger partial charge >= 0.3 is 77.2 Å². The van der Waals surface area contributed by atoms with Crippen molar-refractivity contribution in [3.8, 4) is 0 Å². The van der Waals surface area contributed by atoms with Gasteiger partial charge in [-0.25, -0.2) is 9.47 Å². The standard InChI is InChI=1S/C13F24O2/c14-1(15)3(18,19)7(26,27)11(34,8(28,29)4(1,20)21)38-13(36,37)39-12(35)9(30,31)5(22,23)2(16,17)6(24,25)10(12,32)33. The molecule has 0 aromatic rings. The lowest BCUT2D eigenvalue weighted by Gasteiger charge is -2.53. The average Bonchev–Trinajstić information content (AvgIpc) is 2.69.